The average Bonchev–Trinajstić information content (AvgIpc) is 3.32. The van der Waals surface area contributed by atoms with Gasteiger partial charge in [0.25, 0.3) is 5.91 Å². The van der Waals surface area contributed by atoms with E-state index in [1.165, 1.54) is 0 Å². The number of aryl methyl sites for hydroxylation is 2. The highest BCUT2D eigenvalue weighted by molar-refractivity contribution is 6.03. The van der Waals surface area contributed by atoms with Crippen molar-refractivity contribution in [1.29, 1.82) is 0 Å². The summed E-state index contributed by atoms with van der Waals surface area (Å²) in [4.78, 5) is 27.8. The molecule has 4 rings (SSSR count). The molecule has 7 nitrogen and oxygen atoms in total. The Morgan fingerprint density at radius 3 is 2.57 bits per heavy atom. The van der Waals surface area contributed by atoms with Gasteiger partial charge in [-0.25, -0.2) is 5.01 Å². The molecule has 0 bridgehead atoms. The Kier molecular flexibility index (Phi) is 7.86. The van der Waals surface area contributed by atoms with E-state index in [-0.39, 0.29) is 30.4 Å². The Morgan fingerprint density at radius 2 is 1.86 bits per heavy atom. The second-order valence-electron chi connectivity index (χ2n) is 9.40. The largest absolute Gasteiger partial charge is 0.497 e. The molecule has 2 aliphatic heterocycles. The third-order valence-corrected chi connectivity index (χ3v) is 6.93. The molecule has 186 valence electrons. The topological polar surface area (TPSA) is 71.4 Å². The zero-order valence-electron chi connectivity index (χ0n) is 21.1. The number of carbonyl (C=O) groups excluding carboxylic acids is 2. The zero-order chi connectivity index (χ0) is 24.9. The third-order valence-electron chi connectivity index (χ3n) is 6.93. The van der Waals surface area contributed by atoms with Crippen LogP contribution in [0.4, 0.5) is 0 Å². The highest BCUT2D eigenvalue weighted by Gasteiger charge is 2.35. The van der Waals surface area contributed by atoms with Crippen LogP contribution in [-0.2, 0) is 14.3 Å². The van der Waals surface area contributed by atoms with Gasteiger partial charge in [0.15, 0.2) is 0 Å². The Labute approximate surface area is 207 Å². The minimum atomic E-state index is -0.152. The standard InChI is InChI=1S/C28H35N3O4/c1-5-35-28(33)21-11-13-30(14-12-21)18-27(32)31-26(24-15-19(2)9-10-20(24)3)17-25(29-31)22-7-6-8-23(16-22)34-4/h6-10,15-16,21,26H,5,11-14,17-18H2,1-4H3. The SMILES string of the molecule is CCOC(=O)C1CCN(CC(=O)N2N=C(c3cccc(OC)c3)CC2c2cc(C)ccc2C)CC1. The van der Waals surface area contributed by atoms with Crippen LogP contribution in [0.25, 0.3) is 0 Å². The number of benzene rings is 2. The molecule has 0 aliphatic carbocycles. The first-order valence-corrected chi connectivity index (χ1v) is 12.4. The van der Waals surface area contributed by atoms with Gasteiger partial charge in [-0.15, -0.1) is 0 Å². The molecule has 35 heavy (non-hydrogen) atoms. The highest BCUT2D eigenvalue weighted by Crippen LogP contribution is 2.35. The van der Waals surface area contributed by atoms with Gasteiger partial charge in [0, 0.05) is 12.0 Å². The van der Waals surface area contributed by atoms with E-state index >= 15 is 0 Å². The van der Waals surface area contributed by atoms with Gasteiger partial charge in [-0.2, -0.15) is 5.10 Å². The first-order chi connectivity index (χ1) is 16.9. The number of likely N-dealkylation sites (tertiary alicyclic amines) is 1. The van der Waals surface area contributed by atoms with Crippen molar-refractivity contribution in [3.8, 4) is 5.75 Å². The molecule has 0 aromatic heterocycles. The van der Waals surface area contributed by atoms with E-state index in [1.807, 2.05) is 31.2 Å². The van der Waals surface area contributed by atoms with Gasteiger partial charge in [-0.05, 0) is 70.0 Å². The van der Waals surface area contributed by atoms with E-state index in [0.29, 0.717) is 39.0 Å². The number of hydrazone groups is 1. The van der Waals surface area contributed by atoms with Gasteiger partial charge in [0.05, 0.1) is 37.9 Å². The first-order valence-electron chi connectivity index (χ1n) is 12.4. The second kappa shape index (κ2) is 11.0. The Hall–Kier alpha value is -3.19. The molecule has 1 unspecified atom stereocenters. The molecule has 0 spiro atoms. The molecule has 0 radical (unpaired) electrons. The number of rotatable bonds is 7. The Balaban J connectivity index is 1.54. The summed E-state index contributed by atoms with van der Waals surface area (Å²) >= 11 is 0. The molecule has 1 saturated heterocycles. The van der Waals surface area contributed by atoms with Crippen LogP contribution < -0.4 is 4.74 Å². The second-order valence-corrected chi connectivity index (χ2v) is 9.40. The van der Waals surface area contributed by atoms with Crippen LogP contribution in [0.3, 0.4) is 0 Å². The van der Waals surface area contributed by atoms with Gasteiger partial charge >= 0.3 is 5.97 Å². The van der Waals surface area contributed by atoms with E-state index in [2.05, 4.69) is 36.9 Å². The maximum Gasteiger partial charge on any atom is 0.309 e. The van der Waals surface area contributed by atoms with E-state index in [4.69, 9.17) is 14.6 Å². The quantitative estimate of drug-likeness (QED) is 0.557. The van der Waals surface area contributed by atoms with Crippen LogP contribution in [0.2, 0.25) is 0 Å². The number of esters is 1. The van der Waals surface area contributed by atoms with E-state index in [1.54, 1.807) is 12.1 Å². The summed E-state index contributed by atoms with van der Waals surface area (Å²) in [6.07, 6.45) is 2.07. The number of hydrogen-bond acceptors (Lipinski definition) is 6. The maximum atomic E-state index is 13.6. The van der Waals surface area contributed by atoms with Crippen LogP contribution >= 0.6 is 0 Å². The van der Waals surface area contributed by atoms with Crippen molar-refractivity contribution in [3.05, 3.63) is 64.7 Å². The van der Waals surface area contributed by atoms with Gasteiger partial charge in [0.1, 0.15) is 5.75 Å². The van der Waals surface area contributed by atoms with Crippen LogP contribution in [-0.4, -0.2) is 60.8 Å². The molecule has 2 aromatic carbocycles. The first kappa shape index (κ1) is 24.9. The summed E-state index contributed by atoms with van der Waals surface area (Å²) in [7, 11) is 1.65. The van der Waals surface area contributed by atoms with Gasteiger partial charge in [0.2, 0.25) is 0 Å². The molecule has 0 saturated carbocycles. The van der Waals surface area contributed by atoms with Gasteiger partial charge in [-0.3, -0.25) is 14.5 Å². The number of carbonyl (C=O) groups is 2. The lowest BCUT2D eigenvalue weighted by atomic mass is 9.93. The fraction of sp³-hybridized carbons (Fsp3) is 0.464. The normalized spacial score (nSPS) is 18.9. The van der Waals surface area contributed by atoms with Gasteiger partial charge in [-0.1, -0.05) is 35.9 Å². The minimum Gasteiger partial charge on any atom is -0.497 e. The third kappa shape index (κ3) is 5.73. The number of amides is 1. The summed E-state index contributed by atoms with van der Waals surface area (Å²) in [6.45, 7) is 8.07. The molecule has 7 heteroatoms. The average molecular weight is 478 g/mol. The molecule has 2 aliphatic rings. The van der Waals surface area contributed by atoms with Crippen LogP contribution in [0.5, 0.6) is 5.75 Å². The molecule has 2 aromatic rings. The van der Waals surface area contributed by atoms with Gasteiger partial charge < -0.3 is 9.47 Å². The van der Waals surface area contributed by atoms with Crippen LogP contribution in [0.15, 0.2) is 47.6 Å². The van der Waals surface area contributed by atoms with Crippen molar-refractivity contribution in [2.75, 3.05) is 33.4 Å². The predicted molar refractivity (Wildman–Crippen MR) is 135 cm³/mol. The molecule has 2 heterocycles. The number of hydrogen-bond donors (Lipinski definition) is 0. The van der Waals surface area contributed by atoms with Crippen molar-refractivity contribution in [3.63, 3.8) is 0 Å². The summed E-state index contributed by atoms with van der Waals surface area (Å²) in [5.41, 5.74) is 5.28. The molecule has 0 N–H and O–H groups in total. The summed E-state index contributed by atoms with van der Waals surface area (Å²) < 4.78 is 10.6. The fourth-order valence-electron chi connectivity index (χ4n) is 4.93. The van der Waals surface area contributed by atoms with E-state index in [9.17, 15) is 9.59 Å². The number of ether oxygens (including phenoxy) is 2. The number of nitrogens with zero attached hydrogens (tertiary/aromatic N) is 3. The summed E-state index contributed by atoms with van der Waals surface area (Å²) in [5.74, 6) is 0.542. The zero-order valence-corrected chi connectivity index (χ0v) is 21.1. The van der Waals surface area contributed by atoms with Crippen molar-refractivity contribution < 1.29 is 19.1 Å². The predicted octanol–water partition coefficient (Wildman–Crippen LogP) is 4.26. The Bertz CT molecular complexity index is 1110. The van der Waals surface area contributed by atoms with Crippen molar-refractivity contribution in [2.24, 2.45) is 11.0 Å². The monoisotopic (exact) mass is 477 g/mol. The van der Waals surface area contributed by atoms with Crippen molar-refractivity contribution in [2.45, 2.75) is 46.1 Å². The summed E-state index contributed by atoms with van der Waals surface area (Å²) in [6, 6.07) is 14.0. The van der Waals surface area contributed by atoms with Crippen molar-refractivity contribution >= 4 is 17.6 Å². The number of piperidine rings is 1. The summed E-state index contributed by atoms with van der Waals surface area (Å²) in [5, 5.41) is 6.51. The van der Waals surface area contributed by atoms with Crippen LogP contribution in [0.1, 0.15) is 54.5 Å². The smallest absolute Gasteiger partial charge is 0.309 e. The molecule has 1 atom stereocenters. The van der Waals surface area contributed by atoms with Crippen molar-refractivity contribution in [1.82, 2.24) is 9.91 Å². The lowest BCUT2D eigenvalue weighted by molar-refractivity contribution is -0.149. The Morgan fingerprint density at radius 1 is 1.09 bits per heavy atom. The molecule has 1 amide bonds. The fourth-order valence-corrected chi connectivity index (χ4v) is 4.93. The molecular formula is C28H35N3O4. The van der Waals surface area contributed by atoms with E-state index < -0.39 is 0 Å². The molecule has 1 fully saturated rings. The highest BCUT2D eigenvalue weighted by atomic mass is 16.5. The molecular weight excluding hydrogens is 442 g/mol. The maximum absolute atomic E-state index is 13.6. The van der Waals surface area contributed by atoms with Crippen LogP contribution in [0, 0.1) is 19.8 Å². The lowest BCUT2D eigenvalue weighted by Crippen LogP contribution is -2.43. The number of methoxy groups -OCH3 is 1. The minimum absolute atomic E-state index is 0.0246. The van der Waals surface area contributed by atoms with E-state index in [0.717, 1.165) is 33.7 Å². The lowest BCUT2D eigenvalue weighted by Gasteiger charge is -2.32.